The third-order valence-corrected chi connectivity index (χ3v) is 5.77. The molecule has 0 bridgehead atoms. The highest BCUT2D eigenvalue weighted by Crippen LogP contribution is 2.29. The van der Waals surface area contributed by atoms with Crippen molar-refractivity contribution >= 4 is 33.4 Å². The molecule has 4 nitrogen and oxygen atoms in total. The maximum atomic E-state index is 12.9. The fraction of sp³-hybridized carbons (Fsp3) is 0.333. The van der Waals surface area contributed by atoms with E-state index in [-0.39, 0.29) is 18.6 Å². The topological polar surface area (TPSA) is 55.4 Å². The van der Waals surface area contributed by atoms with Gasteiger partial charge in [0.2, 0.25) is 0 Å². The zero-order chi connectivity index (χ0) is 19.5. The molecule has 1 aliphatic carbocycles. The minimum absolute atomic E-state index is 0.179. The van der Waals surface area contributed by atoms with E-state index in [0.717, 1.165) is 40.8 Å². The van der Waals surface area contributed by atoms with Gasteiger partial charge < -0.3 is 10.1 Å². The molecule has 0 aromatic heterocycles. The highest BCUT2D eigenvalue weighted by Gasteiger charge is 2.23. The van der Waals surface area contributed by atoms with Gasteiger partial charge in [0.05, 0.1) is 5.56 Å². The Morgan fingerprint density at radius 3 is 2.21 bits per heavy atom. The molecule has 1 amide bonds. The highest BCUT2D eigenvalue weighted by atomic mass is 16.5. The van der Waals surface area contributed by atoms with Crippen LogP contribution in [0.15, 0.2) is 54.6 Å². The third kappa shape index (κ3) is 3.72. The van der Waals surface area contributed by atoms with Crippen molar-refractivity contribution in [1.82, 2.24) is 5.32 Å². The van der Waals surface area contributed by atoms with Crippen LogP contribution in [-0.2, 0) is 9.53 Å². The Morgan fingerprint density at radius 1 is 0.964 bits per heavy atom. The summed E-state index contributed by atoms with van der Waals surface area (Å²) in [6, 6.07) is 17.8. The number of nitrogens with one attached hydrogen (secondary N) is 1. The van der Waals surface area contributed by atoms with Crippen molar-refractivity contribution in [2.24, 2.45) is 5.92 Å². The average molecular weight is 375 g/mol. The van der Waals surface area contributed by atoms with E-state index in [1.807, 2.05) is 48.5 Å². The van der Waals surface area contributed by atoms with Gasteiger partial charge in [0.15, 0.2) is 6.61 Å². The van der Waals surface area contributed by atoms with Crippen molar-refractivity contribution in [1.29, 1.82) is 0 Å². The molecule has 4 heteroatoms. The largest absolute Gasteiger partial charge is 0.452 e. The van der Waals surface area contributed by atoms with Crippen LogP contribution < -0.4 is 5.32 Å². The first-order valence-corrected chi connectivity index (χ1v) is 10.0. The summed E-state index contributed by atoms with van der Waals surface area (Å²) in [4.78, 5) is 25.3. The van der Waals surface area contributed by atoms with Crippen molar-refractivity contribution in [3.63, 3.8) is 0 Å². The average Bonchev–Trinajstić information content (AvgIpc) is 2.72. The zero-order valence-electron chi connectivity index (χ0n) is 16.1. The van der Waals surface area contributed by atoms with Crippen molar-refractivity contribution in [2.45, 2.75) is 38.6 Å². The van der Waals surface area contributed by atoms with Gasteiger partial charge in [0.1, 0.15) is 0 Å². The standard InChI is InChI=1S/C24H25NO3/c1-16-8-2-7-13-21(16)25-22(26)15-28-24(27)23-19-11-5-3-9-17(19)14-18-10-4-6-12-20(18)23/h3-6,9-12,14,16,21H,2,7-8,13,15H2,1H3,(H,25,26)/t16-,21-/m0/s1. The number of carbonyl (C=O) groups is 2. The number of benzene rings is 3. The molecule has 1 saturated carbocycles. The summed E-state index contributed by atoms with van der Waals surface area (Å²) < 4.78 is 5.43. The molecule has 3 aromatic carbocycles. The minimum atomic E-state index is -0.458. The number of ether oxygens (including phenoxy) is 1. The summed E-state index contributed by atoms with van der Waals surface area (Å²) in [6.45, 7) is 1.91. The van der Waals surface area contributed by atoms with E-state index in [1.165, 1.54) is 6.42 Å². The van der Waals surface area contributed by atoms with Gasteiger partial charge in [-0.2, -0.15) is 0 Å². The molecule has 0 saturated heterocycles. The molecule has 0 unspecified atom stereocenters. The van der Waals surface area contributed by atoms with Crippen LogP contribution in [0.2, 0.25) is 0 Å². The first-order valence-electron chi connectivity index (χ1n) is 10.0. The number of rotatable bonds is 4. The molecule has 1 fully saturated rings. The lowest BCUT2D eigenvalue weighted by molar-refractivity contribution is -0.125. The SMILES string of the molecule is C[C@H]1CCCC[C@@H]1NC(=O)COC(=O)c1c2ccccc2cc2ccccc12. The fourth-order valence-electron chi connectivity index (χ4n) is 4.22. The van der Waals surface area contributed by atoms with Crippen molar-refractivity contribution in [2.75, 3.05) is 6.61 Å². The maximum absolute atomic E-state index is 12.9. The van der Waals surface area contributed by atoms with Crippen LogP contribution in [0.4, 0.5) is 0 Å². The van der Waals surface area contributed by atoms with Crippen LogP contribution in [0.3, 0.4) is 0 Å². The molecule has 28 heavy (non-hydrogen) atoms. The van der Waals surface area contributed by atoms with E-state index in [9.17, 15) is 9.59 Å². The zero-order valence-corrected chi connectivity index (χ0v) is 16.1. The minimum Gasteiger partial charge on any atom is -0.452 e. The third-order valence-electron chi connectivity index (χ3n) is 5.77. The van der Waals surface area contributed by atoms with Gasteiger partial charge >= 0.3 is 5.97 Å². The summed E-state index contributed by atoms with van der Waals surface area (Å²) in [5.41, 5.74) is 0.521. The summed E-state index contributed by atoms with van der Waals surface area (Å²) in [6.07, 6.45) is 4.48. The molecule has 0 aliphatic heterocycles. The second-order valence-corrected chi connectivity index (χ2v) is 7.71. The van der Waals surface area contributed by atoms with Gasteiger partial charge in [-0.25, -0.2) is 4.79 Å². The van der Waals surface area contributed by atoms with Gasteiger partial charge in [-0.05, 0) is 46.4 Å². The van der Waals surface area contributed by atoms with E-state index >= 15 is 0 Å². The van der Waals surface area contributed by atoms with Crippen LogP contribution in [-0.4, -0.2) is 24.5 Å². The number of carbonyl (C=O) groups excluding carboxylic acids is 2. The van der Waals surface area contributed by atoms with Crippen LogP contribution in [0.1, 0.15) is 43.0 Å². The predicted octanol–water partition coefficient (Wildman–Crippen LogP) is 4.84. The number of esters is 1. The fourth-order valence-corrected chi connectivity index (χ4v) is 4.22. The Kier molecular flexibility index (Phi) is 5.29. The Labute approximate surface area is 164 Å². The number of hydrogen-bond donors (Lipinski definition) is 1. The van der Waals surface area contributed by atoms with Crippen molar-refractivity contribution in [3.05, 3.63) is 60.2 Å². The van der Waals surface area contributed by atoms with E-state index in [1.54, 1.807) is 0 Å². The Balaban J connectivity index is 1.54. The molecule has 0 radical (unpaired) electrons. The summed E-state index contributed by atoms with van der Waals surface area (Å²) in [5, 5.41) is 6.67. The molecule has 2 atom stereocenters. The molecule has 3 aromatic rings. The van der Waals surface area contributed by atoms with Crippen LogP contribution in [0.25, 0.3) is 21.5 Å². The summed E-state index contributed by atoms with van der Waals surface area (Å²) >= 11 is 0. The molecule has 0 heterocycles. The second-order valence-electron chi connectivity index (χ2n) is 7.71. The van der Waals surface area contributed by atoms with Gasteiger partial charge in [0, 0.05) is 6.04 Å². The first kappa shape index (κ1) is 18.5. The highest BCUT2D eigenvalue weighted by molar-refractivity contribution is 6.16. The van der Waals surface area contributed by atoms with E-state index < -0.39 is 5.97 Å². The molecule has 144 valence electrons. The molecular weight excluding hydrogens is 350 g/mol. The van der Waals surface area contributed by atoms with Crippen molar-refractivity contribution in [3.8, 4) is 0 Å². The van der Waals surface area contributed by atoms with Gasteiger partial charge in [-0.15, -0.1) is 0 Å². The van der Waals surface area contributed by atoms with Crippen LogP contribution in [0.5, 0.6) is 0 Å². The quantitative estimate of drug-likeness (QED) is 0.524. The van der Waals surface area contributed by atoms with Crippen molar-refractivity contribution < 1.29 is 14.3 Å². The lowest BCUT2D eigenvalue weighted by Crippen LogP contribution is -2.42. The molecule has 4 rings (SSSR count). The van der Waals surface area contributed by atoms with Crippen LogP contribution in [0, 0.1) is 5.92 Å². The number of fused-ring (bicyclic) bond motifs is 2. The van der Waals surface area contributed by atoms with E-state index in [0.29, 0.717) is 11.5 Å². The smallest absolute Gasteiger partial charge is 0.339 e. The number of amides is 1. The first-order chi connectivity index (χ1) is 13.6. The number of hydrogen-bond acceptors (Lipinski definition) is 3. The molecule has 0 spiro atoms. The van der Waals surface area contributed by atoms with Gasteiger partial charge in [-0.3, -0.25) is 4.79 Å². The maximum Gasteiger partial charge on any atom is 0.339 e. The van der Waals surface area contributed by atoms with E-state index in [4.69, 9.17) is 4.74 Å². The van der Waals surface area contributed by atoms with Gasteiger partial charge in [-0.1, -0.05) is 68.3 Å². The van der Waals surface area contributed by atoms with Crippen LogP contribution >= 0.6 is 0 Å². The normalized spacial score (nSPS) is 19.5. The van der Waals surface area contributed by atoms with E-state index in [2.05, 4.69) is 18.3 Å². The predicted molar refractivity (Wildman–Crippen MR) is 111 cm³/mol. The summed E-state index contributed by atoms with van der Waals surface area (Å²) in [7, 11) is 0. The lowest BCUT2D eigenvalue weighted by atomic mass is 9.86. The second kappa shape index (κ2) is 8.01. The Bertz CT molecular complexity index is 973. The molecule has 1 aliphatic rings. The summed E-state index contributed by atoms with van der Waals surface area (Å²) in [5.74, 6) is -0.216. The Hall–Kier alpha value is -2.88. The van der Waals surface area contributed by atoms with Gasteiger partial charge in [0.25, 0.3) is 5.91 Å². The lowest BCUT2D eigenvalue weighted by Gasteiger charge is -2.29. The molecule has 1 N–H and O–H groups in total. The monoisotopic (exact) mass is 375 g/mol. The Morgan fingerprint density at radius 2 is 1.57 bits per heavy atom. The molecular formula is C24H25NO3.